The minimum absolute atomic E-state index is 0.177. The maximum atomic E-state index is 12.7. The average molecular weight is 349 g/mol. The summed E-state index contributed by atoms with van der Waals surface area (Å²) >= 11 is 0. The number of benzene rings is 1. The van der Waals surface area contributed by atoms with E-state index in [2.05, 4.69) is 15.2 Å². The van der Waals surface area contributed by atoms with Gasteiger partial charge in [-0.2, -0.15) is 13.2 Å². The summed E-state index contributed by atoms with van der Waals surface area (Å²) in [7, 11) is 0. The summed E-state index contributed by atoms with van der Waals surface area (Å²) in [5.41, 5.74) is 0.473. The van der Waals surface area contributed by atoms with Crippen molar-refractivity contribution in [2.75, 3.05) is 23.3 Å². The molecule has 4 nitrogen and oxygen atoms in total. The highest BCUT2D eigenvalue weighted by molar-refractivity contribution is 5.92. The molecule has 3 rings (SSSR count). The van der Waals surface area contributed by atoms with E-state index < -0.39 is 11.7 Å². The van der Waals surface area contributed by atoms with E-state index in [9.17, 15) is 18.0 Å². The number of amides is 1. The van der Waals surface area contributed by atoms with Crippen LogP contribution in [0.5, 0.6) is 0 Å². The Bertz CT molecular complexity index is 726. The maximum Gasteiger partial charge on any atom is 0.416 e. The lowest BCUT2D eigenvalue weighted by molar-refractivity contribution is -0.137. The Kier molecular flexibility index (Phi) is 4.92. The summed E-state index contributed by atoms with van der Waals surface area (Å²) in [6.07, 6.45) is 0.348. The lowest BCUT2D eigenvalue weighted by Crippen LogP contribution is -2.38. The molecule has 0 saturated carbocycles. The standard InChI is InChI=1S/C18H18F3N3O/c19-18(20,21)14-2-1-3-15(12-14)23-17(25)13-6-10-24(11-7-13)16-4-8-22-9-5-16/h1-5,8-9,12-13H,6-7,10-11H2,(H,23,25). The van der Waals surface area contributed by atoms with Crippen LogP contribution in [0.1, 0.15) is 18.4 Å². The molecule has 0 spiro atoms. The molecule has 0 radical (unpaired) electrons. The van der Waals surface area contributed by atoms with Gasteiger partial charge in [0.05, 0.1) is 5.56 Å². The second-order valence-corrected chi connectivity index (χ2v) is 6.03. The molecule has 0 unspecified atom stereocenters. The molecule has 1 fully saturated rings. The zero-order valence-electron chi connectivity index (χ0n) is 13.5. The smallest absolute Gasteiger partial charge is 0.371 e. The van der Waals surface area contributed by atoms with Crippen molar-refractivity contribution in [3.8, 4) is 0 Å². The van der Waals surface area contributed by atoms with Crippen LogP contribution in [0.4, 0.5) is 24.5 Å². The minimum atomic E-state index is -4.42. The van der Waals surface area contributed by atoms with Crippen LogP contribution >= 0.6 is 0 Å². The molecule has 1 aromatic carbocycles. The molecule has 0 aliphatic carbocycles. The number of pyridine rings is 1. The van der Waals surface area contributed by atoms with Crippen molar-refractivity contribution < 1.29 is 18.0 Å². The van der Waals surface area contributed by atoms with Gasteiger partial charge >= 0.3 is 6.18 Å². The van der Waals surface area contributed by atoms with E-state index in [1.165, 1.54) is 12.1 Å². The molecule has 0 atom stereocenters. The lowest BCUT2D eigenvalue weighted by atomic mass is 9.95. The van der Waals surface area contributed by atoms with Crippen LogP contribution in [-0.4, -0.2) is 24.0 Å². The summed E-state index contributed by atoms with van der Waals surface area (Å²) in [5.74, 6) is -0.429. The summed E-state index contributed by atoms with van der Waals surface area (Å²) in [6.45, 7) is 1.45. The third kappa shape index (κ3) is 4.29. The second-order valence-electron chi connectivity index (χ2n) is 6.03. The minimum Gasteiger partial charge on any atom is -0.371 e. The first-order chi connectivity index (χ1) is 11.9. The number of aromatic nitrogens is 1. The van der Waals surface area contributed by atoms with Gasteiger partial charge in [-0.1, -0.05) is 6.07 Å². The molecule has 2 heterocycles. The number of hydrogen-bond acceptors (Lipinski definition) is 3. The molecule has 132 valence electrons. The van der Waals surface area contributed by atoms with Crippen molar-refractivity contribution >= 4 is 17.3 Å². The van der Waals surface area contributed by atoms with E-state index in [1.54, 1.807) is 12.4 Å². The second kappa shape index (κ2) is 7.13. The van der Waals surface area contributed by atoms with Gasteiger partial charge in [-0.05, 0) is 43.2 Å². The molecule has 2 aromatic rings. The highest BCUT2D eigenvalue weighted by Crippen LogP contribution is 2.31. The van der Waals surface area contributed by atoms with Gasteiger partial charge in [-0.25, -0.2) is 0 Å². The highest BCUT2D eigenvalue weighted by Gasteiger charge is 2.31. The molecule has 1 saturated heterocycles. The van der Waals surface area contributed by atoms with Crippen molar-refractivity contribution in [3.63, 3.8) is 0 Å². The number of anilines is 2. The van der Waals surface area contributed by atoms with Crippen LogP contribution in [-0.2, 0) is 11.0 Å². The predicted molar refractivity (Wildman–Crippen MR) is 89.2 cm³/mol. The predicted octanol–water partition coefficient (Wildman–Crippen LogP) is 3.96. The van der Waals surface area contributed by atoms with Gasteiger partial charge in [0.1, 0.15) is 0 Å². The number of hydrogen-bond donors (Lipinski definition) is 1. The molecule has 25 heavy (non-hydrogen) atoms. The number of carbonyl (C=O) groups excluding carboxylic acids is 1. The monoisotopic (exact) mass is 349 g/mol. The fraction of sp³-hybridized carbons (Fsp3) is 0.333. The average Bonchev–Trinajstić information content (AvgIpc) is 2.62. The third-order valence-corrected chi connectivity index (χ3v) is 4.35. The first-order valence-corrected chi connectivity index (χ1v) is 8.06. The molecule has 1 aromatic heterocycles. The van der Waals surface area contributed by atoms with E-state index in [4.69, 9.17) is 0 Å². The van der Waals surface area contributed by atoms with Crippen LogP contribution in [0.2, 0.25) is 0 Å². The van der Waals surface area contributed by atoms with Gasteiger partial charge in [0.25, 0.3) is 0 Å². The van der Waals surface area contributed by atoms with Gasteiger partial charge in [0, 0.05) is 42.8 Å². The zero-order chi connectivity index (χ0) is 17.9. The zero-order valence-corrected chi connectivity index (χ0v) is 13.5. The number of nitrogens with one attached hydrogen (secondary N) is 1. The first-order valence-electron chi connectivity index (χ1n) is 8.06. The molecule has 7 heteroatoms. The largest absolute Gasteiger partial charge is 0.416 e. The number of halogens is 3. The van der Waals surface area contributed by atoms with Gasteiger partial charge < -0.3 is 10.2 Å². The fourth-order valence-corrected chi connectivity index (χ4v) is 2.97. The van der Waals surface area contributed by atoms with E-state index in [-0.39, 0.29) is 17.5 Å². The quantitative estimate of drug-likeness (QED) is 0.912. The number of carbonyl (C=O) groups is 1. The lowest BCUT2D eigenvalue weighted by Gasteiger charge is -2.32. The summed E-state index contributed by atoms with van der Waals surface area (Å²) in [6, 6.07) is 8.56. The van der Waals surface area contributed by atoms with Crippen LogP contribution in [0, 0.1) is 5.92 Å². The van der Waals surface area contributed by atoms with Crippen molar-refractivity contribution in [3.05, 3.63) is 54.4 Å². The Morgan fingerprint density at radius 1 is 1.12 bits per heavy atom. The summed E-state index contributed by atoms with van der Waals surface area (Å²) in [5, 5.41) is 2.61. The normalized spacial score (nSPS) is 15.9. The molecule has 0 bridgehead atoms. The van der Waals surface area contributed by atoms with E-state index in [1.807, 2.05) is 12.1 Å². The van der Waals surface area contributed by atoms with Crippen molar-refractivity contribution in [2.24, 2.45) is 5.92 Å². The molecule has 1 N–H and O–H groups in total. The molecular weight excluding hydrogens is 331 g/mol. The van der Waals surface area contributed by atoms with Gasteiger partial charge in [-0.15, -0.1) is 0 Å². The van der Waals surface area contributed by atoms with E-state index in [0.29, 0.717) is 12.8 Å². The van der Waals surface area contributed by atoms with Crippen LogP contribution in [0.25, 0.3) is 0 Å². The van der Waals surface area contributed by atoms with Gasteiger partial charge in [-0.3, -0.25) is 9.78 Å². The van der Waals surface area contributed by atoms with Gasteiger partial charge in [0.2, 0.25) is 5.91 Å². The Morgan fingerprint density at radius 2 is 1.80 bits per heavy atom. The number of nitrogens with zero attached hydrogens (tertiary/aromatic N) is 2. The molecular formula is C18H18F3N3O. The first kappa shape index (κ1) is 17.3. The Balaban J connectivity index is 1.58. The number of rotatable bonds is 3. The van der Waals surface area contributed by atoms with Gasteiger partial charge in [0.15, 0.2) is 0 Å². The number of alkyl halides is 3. The Morgan fingerprint density at radius 3 is 2.44 bits per heavy atom. The van der Waals surface area contributed by atoms with Crippen LogP contribution < -0.4 is 10.2 Å². The van der Waals surface area contributed by atoms with Crippen molar-refractivity contribution in [2.45, 2.75) is 19.0 Å². The fourth-order valence-electron chi connectivity index (χ4n) is 2.97. The van der Waals surface area contributed by atoms with Crippen molar-refractivity contribution in [1.82, 2.24) is 4.98 Å². The highest BCUT2D eigenvalue weighted by atomic mass is 19.4. The summed E-state index contributed by atoms with van der Waals surface area (Å²) < 4.78 is 38.2. The molecule has 1 aliphatic heterocycles. The SMILES string of the molecule is O=C(Nc1cccc(C(F)(F)F)c1)C1CCN(c2ccncc2)CC1. The summed E-state index contributed by atoms with van der Waals surface area (Å²) in [4.78, 5) is 18.5. The topological polar surface area (TPSA) is 45.2 Å². The van der Waals surface area contributed by atoms with Crippen LogP contribution in [0.3, 0.4) is 0 Å². The van der Waals surface area contributed by atoms with Crippen LogP contribution in [0.15, 0.2) is 48.8 Å². The Hall–Kier alpha value is -2.57. The third-order valence-electron chi connectivity index (χ3n) is 4.35. The molecule has 1 amide bonds. The maximum absolute atomic E-state index is 12.7. The van der Waals surface area contributed by atoms with E-state index >= 15 is 0 Å². The van der Waals surface area contributed by atoms with Crippen molar-refractivity contribution in [1.29, 1.82) is 0 Å². The van der Waals surface area contributed by atoms with E-state index in [0.717, 1.165) is 30.9 Å². The molecule has 1 aliphatic rings. The Labute approximate surface area is 143 Å². The number of piperidine rings is 1.